The number of fused-ring (bicyclic) bond motifs is 1. The first-order valence-electron chi connectivity index (χ1n) is 7.19. The van der Waals surface area contributed by atoms with Crippen LogP contribution in [-0.4, -0.2) is 16.6 Å². The van der Waals surface area contributed by atoms with Gasteiger partial charge in [0.2, 0.25) is 5.91 Å². The van der Waals surface area contributed by atoms with Crippen molar-refractivity contribution in [2.24, 2.45) is 0 Å². The molecule has 3 aromatic rings. The second-order valence-corrected chi connectivity index (χ2v) is 8.04. The van der Waals surface area contributed by atoms with Crippen molar-refractivity contribution in [2.75, 3.05) is 11.1 Å². The lowest BCUT2D eigenvalue weighted by Gasteiger charge is -2.05. The minimum Gasteiger partial charge on any atom is -0.326 e. The zero-order valence-corrected chi connectivity index (χ0v) is 15.0. The number of benzene rings is 2. The SMILES string of the molecule is N#CSc1ccc(NC(=O)CCSc2nc3ccccc3s2)cc1. The van der Waals surface area contributed by atoms with E-state index in [0.29, 0.717) is 12.2 Å². The molecule has 0 spiro atoms. The third-order valence-corrected chi connectivity index (χ3v) is 5.91. The molecule has 1 N–H and O–H groups in total. The van der Waals surface area contributed by atoms with Gasteiger partial charge in [0.05, 0.1) is 10.2 Å². The molecule has 0 unspecified atom stereocenters. The lowest BCUT2D eigenvalue weighted by Crippen LogP contribution is -2.11. The number of thioether (sulfide) groups is 2. The Kier molecular flexibility index (Phi) is 5.75. The Balaban J connectivity index is 1.47. The van der Waals surface area contributed by atoms with Crippen molar-refractivity contribution in [3.8, 4) is 5.40 Å². The molecular weight excluding hydrogens is 358 g/mol. The van der Waals surface area contributed by atoms with Crippen LogP contribution in [0.3, 0.4) is 0 Å². The van der Waals surface area contributed by atoms with Crippen LogP contribution in [0.5, 0.6) is 0 Å². The van der Waals surface area contributed by atoms with Crippen LogP contribution in [0.1, 0.15) is 6.42 Å². The van der Waals surface area contributed by atoms with Gasteiger partial charge in [-0.15, -0.1) is 11.3 Å². The van der Waals surface area contributed by atoms with Crippen LogP contribution in [0.2, 0.25) is 0 Å². The van der Waals surface area contributed by atoms with Gasteiger partial charge in [0.25, 0.3) is 0 Å². The Labute approximate surface area is 152 Å². The molecule has 1 heterocycles. The van der Waals surface area contributed by atoms with Gasteiger partial charge in [0, 0.05) is 22.8 Å². The van der Waals surface area contributed by atoms with E-state index in [9.17, 15) is 4.79 Å². The van der Waals surface area contributed by atoms with Gasteiger partial charge in [-0.2, -0.15) is 5.26 Å². The van der Waals surface area contributed by atoms with Crippen molar-refractivity contribution in [3.63, 3.8) is 0 Å². The first kappa shape index (κ1) is 16.8. The molecule has 7 heteroatoms. The van der Waals surface area contributed by atoms with E-state index in [-0.39, 0.29) is 5.91 Å². The van der Waals surface area contributed by atoms with Gasteiger partial charge in [-0.05, 0) is 48.2 Å². The van der Waals surface area contributed by atoms with E-state index in [4.69, 9.17) is 5.26 Å². The van der Waals surface area contributed by atoms with E-state index in [1.165, 1.54) is 4.70 Å². The molecule has 1 amide bonds. The number of rotatable bonds is 6. The average molecular weight is 372 g/mol. The van der Waals surface area contributed by atoms with E-state index < -0.39 is 0 Å². The average Bonchev–Trinajstić information content (AvgIpc) is 2.99. The van der Waals surface area contributed by atoms with Crippen LogP contribution in [0, 0.1) is 10.7 Å². The lowest BCUT2D eigenvalue weighted by molar-refractivity contribution is -0.115. The standard InChI is InChI=1S/C17H13N3OS3/c18-11-23-13-7-5-12(6-8-13)19-16(21)9-10-22-17-20-14-3-1-2-4-15(14)24-17/h1-8H,9-10H2,(H,19,21). The number of hydrogen-bond donors (Lipinski definition) is 1. The molecule has 0 saturated heterocycles. The van der Waals surface area contributed by atoms with Crippen LogP contribution >= 0.6 is 34.9 Å². The molecule has 1 aromatic heterocycles. The van der Waals surface area contributed by atoms with Gasteiger partial charge in [-0.25, -0.2) is 4.98 Å². The maximum atomic E-state index is 12.0. The van der Waals surface area contributed by atoms with Crippen molar-refractivity contribution >= 4 is 56.7 Å². The molecule has 0 radical (unpaired) electrons. The van der Waals surface area contributed by atoms with E-state index in [2.05, 4.69) is 16.4 Å². The normalized spacial score (nSPS) is 10.5. The summed E-state index contributed by atoms with van der Waals surface area (Å²) in [5.41, 5.74) is 1.75. The van der Waals surface area contributed by atoms with Crippen molar-refractivity contribution in [2.45, 2.75) is 15.7 Å². The molecule has 0 aliphatic rings. The Bertz CT molecular complexity index is 851. The number of nitrogens with zero attached hydrogens (tertiary/aromatic N) is 2. The molecule has 0 aliphatic carbocycles. The van der Waals surface area contributed by atoms with Crippen LogP contribution in [0.15, 0.2) is 57.8 Å². The Hall–Kier alpha value is -2.01. The number of anilines is 1. The van der Waals surface area contributed by atoms with Crippen LogP contribution in [-0.2, 0) is 4.79 Å². The predicted octanol–water partition coefficient (Wildman–Crippen LogP) is 4.99. The fraction of sp³-hybridized carbons (Fsp3) is 0.118. The maximum Gasteiger partial charge on any atom is 0.225 e. The number of nitrogens with one attached hydrogen (secondary N) is 1. The lowest BCUT2D eigenvalue weighted by atomic mass is 10.3. The van der Waals surface area contributed by atoms with E-state index in [1.54, 1.807) is 35.2 Å². The summed E-state index contributed by atoms with van der Waals surface area (Å²) in [7, 11) is 0. The predicted molar refractivity (Wildman–Crippen MR) is 102 cm³/mol. The highest BCUT2D eigenvalue weighted by Crippen LogP contribution is 2.29. The summed E-state index contributed by atoms with van der Waals surface area (Å²) in [5, 5.41) is 13.5. The third-order valence-electron chi connectivity index (χ3n) is 3.13. The highest BCUT2D eigenvalue weighted by atomic mass is 32.2. The first-order chi connectivity index (χ1) is 11.7. The van der Waals surface area contributed by atoms with Crippen molar-refractivity contribution in [1.29, 1.82) is 5.26 Å². The molecule has 2 aromatic carbocycles. The minimum atomic E-state index is -0.0238. The Morgan fingerprint density at radius 1 is 1.21 bits per heavy atom. The van der Waals surface area contributed by atoms with Gasteiger partial charge < -0.3 is 5.32 Å². The Morgan fingerprint density at radius 3 is 2.75 bits per heavy atom. The van der Waals surface area contributed by atoms with E-state index in [1.807, 2.05) is 35.7 Å². The van der Waals surface area contributed by atoms with Gasteiger partial charge in [0.15, 0.2) is 4.34 Å². The van der Waals surface area contributed by atoms with Crippen LogP contribution in [0.4, 0.5) is 5.69 Å². The number of amides is 1. The van der Waals surface area contributed by atoms with Gasteiger partial charge >= 0.3 is 0 Å². The molecule has 0 aliphatic heterocycles. The minimum absolute atomic E-state index is 0.0238. The van der Waals surface area contributed by atoms with Crippen molar-refractivity contribution in [1.82, 2.24) is 4.98 Å². The number of thiazole rings is 1. The topological polar surface area (TPSA) is 65.8 Å². The fourth-order valence-electron chi connectivity index (χ4n) is 2.03. The molecule has 4 nitrogen and oxygen atoms in total. The summed E-state index contributed by atoms with van der Waals surface area (Å²) in [4.78, 5) is 17.4. The number of carbonyl (C=O) groups excluding carboxylic acids is 1. The highest BCUT2D eigenvalue weighted by Gasteiger charge is 2.07. The number of hydrogen-bond acceptors (Lipinski definition) is 6. The molecule has 24 heavy (non-hydrogen) atoms. The second-order valence-electron chi connectivity index (χ2n) is 4.81. The molecule has 0 fully saturated rings. The van der Waals surface area contributed by atoms with Crippen LogP contribution in [0.25, 0.3) is 10.2 Å². The third kappa shape index (κ3) is 4.51. The number of nitriles is 1. The van der Waals surface area contributed by atoms with Crippen molar-refractivity contribution in [3.05, 3.63) is 48.5 Å². The second kappa shape index (κ2) is 8.20. The van der Waals surface area contributed by atoms with Gasteiger partial charge in [0.1, 0.15) is 5.40 Å². The summed E-state index contributed by atoms with van der Waals surface area (Å²) >= 11 is 4.35. The van der Waals surface area contributed by atoms with E-state index >= 15 is 0 Å². The summed E-state index contributed by atoms with van der Waals surface area (Å²) in [6.07, 6.45) is 0.426. The molecule has 0 bridgehead atoms. The number of aromatic nitrogens is 1. The number of carbonyl (C=O) groups is 1. The quantitative estimate of drug-likeness (QED) is 0.488. The largest absolute Gasteiger partial charge is 0.326 e. The van der Waals surface area contributed by atoms with Gasteiger partial charge in [-0.3, -0.25) is 4.79 Å². The number of para-hydroxylation sites is 1. The smallest absolute Gasteiger partial charge is 0.225 e. The summed E-state index contributed by atoms with van der Waals surface area (Å²) in [6.45, 7) is 0. The monoisotopic (exact) mass is 371 g/mol. The molecule has 3 rings (SSSR count). The molecule has 120 valence electrons. The molecular formula is C17H13N3OS3. The van der Waals surface area contributed by atoms with Crippen LogP contribution < -0.4 is 5.32 Å². The van der Waals surface area contributed by atoms with E-state index in [0.717, 1.165) is 32.2 Å². The number of thiocyanates is 1. The maximum absolute atomic E-state index is 12.0. The zero-order chi connectivity index (χ0) is 16.8. The Morgan fingerprint density at radius 2 is 2.00 bits per heavy atom. The fourth-order valence-corrected chi connectivity index (χ4v) is 4.48. The van der Waals surface area contributed by atoms with Gasteiger partial charge in [-0.1, -0.05) is 23.9 Å². The first-order valence-corrected chi connectivity index (χ1v) is 9.81. The highest BCUT2D eigenvalue weighted by molar-refractivity contribution is 8.03. The summed E-state index contributed by atoms with van der Waals surface area (Å²) in [5.74, 6) is 0.665. The molecule has 0 saturated carbocycles. The van der Waals surface area contributed by atoms with Crippen molar-refractivity contribution < 1.29 is 4.79 Å². The summed E-state index contributed by atoms with van der Waals surface area (Å²) in [6, 6.07) is 15.3. The zero-order valence-electron chi connectivity index (χ0n) is 12.6. The summed E-state index contributed by atoms with van der Waals surface area (Å²) < 4.78 is 2.15. The molecule has 0 atom stereocenters.